The molecule has 3 rings (SSSR count). The maximum atomic E-state index is 9.80. The highest BCUT2D eigenvalue weighted by Crippen LogP contribution is 2.27. The highest BCUT2D eigenvalue weighted by Gasteiger charge is 2.11. The standard InChI is InChI=1S/C14H12N4O2S/c19-12-6-2-1-5-11(12)13-17-18(14(21)20-13)9-16-10-4-3-7-15-8-10/h1-8,16,19H,9H2. The zero-order valence-corrected chi connectivity index (χ0v) is 11.7. The van der Waals surface area contributed by atoms with Gasteiger partial charge in [-0.25, -0.2) is 4.68 Å². The second kappa shape index (κ2) is 5.76. The topological polar surface area (TPSA) is 76.1 Å². The summed E-state index contributed by atoms with van der Waals surface area (Å²) in [4.78, 5) is 4.24. The molecule has 0 fully saturated rings. The summed E-state index contributed by atoms with van der Waals surface area (Å²) in [6.45, 7) is 0.349. The first-order valence-electron chi connectivity index (χ1n) is 6.24. The number of phenols is 1. The van der Waals surface area contributed by atoms with Crippen LogP contribution in [0, 0.1) is 4.84 Å². The monoisotopic (exact) mass is 300 g/mol. The lowest BCUT2D eigenvalue weighted by Gasteiger charge is -2.04. The fourth-order valence-electron chi connectivity index (χ4n) is 1.80. The van der Waals surface area contributed by atoms with E-state index in [2.05, 4.69) is 15.4 Å². The Hall–Kier alpha value is -2.67. The van der Waals surface area contributed by atoms with Crippen LogP contribution in [-0.2, 0) is 6.67 Å². The van der Waals surface area contributed by atoms with Crippen LogP contribution in [0.1, 0.15) is 0 Å². The molecule has 0 saturated carbocycles. The Morgan fingerprint density at radius 1 is 1.24 bits per heavy atom. The van der Waals surface area contributed by atoms with Crippen LogP contribution in [-0.4, -0.2) is 19.9 Å². The molecule has 2 N–H and O–H groups in total. The molecule has 0 aliphatic rings. The lowest BCUT2D eigenvalue weighted by Crippen LogP contribution is -2.09. The van der Waals surface area contributed by atoms with Crippen molar-refractivity contribution in [3.8, 4) is 17.2 Å². The van der Waals surface area contributed by atoms with Crippen molar-refractivity contribution in [2.75, 3.05) is 5.32 Å². The molecule has 106 valence electrons. The van der Waals surface area contributed by atoms with Gasteiger partial charge < -0.3 is 14.8 Å². The summed E-state index contributed by atoms with van der Waals surface area (Å²) in [5.41, 5.74) is 1.36. The van der Waals surface area contributed by atoms with Gasteiger partial charge in [0, 0.05) is 12.4 Å². The van der Waals surface area contributed by atoms with E-state index in [0.717, 1.165) is 5.69 Å². The Labute approximate surface area is 125 Å². The Kier molecular flexibility index (Phi) is 3.65. The first kappa shape index (κ1) is 13.3. The van der Waals surface area contributed by atoms with Crippen LogP contribution in [0.4, 0.5) is 5.69 Å². The molecule has 2 heterocycles. The van der Waals surface area contributed by atoms with Gasteiger partial charge in [-0.05, 0) is 36.5 Å². The van der Waals surface area contributed by atoms with Crippen LogP contribution in [0.5, 0.6) is 5.75 Å². The molecule has 0 radical (unpaired) electrons. The van der Waals surface area contributed by atoms with Gasteiger partial charge in [-0.15, -0.1) is 5.10 Å². The van der Waals surface area contributed by atoms with E-state index in [0.29, 0.717) is 12.2 Å². The van der Waals surface area contributed by atoms with Crippen molar-refractivity contribution in [1.29, 1.82) is 0 Å². The van der Waals surface area contributed by atoms with Crippen molar-refractivity contribution in [2.24, 2.45) is 0 Å². The van der Waals surface area contributed by atoms with Crippen LogP contribution < -0.4 is 5.32 Å². The van der Waals surface area contributed by atoms with Gasteiger partial charge in [-0.2, -0.15) is 0 Å². The fourth-order valence-corrected chi connectivity index (χ4v) is 1.99. The molecular formula is C14H12N4O2S. The average Bonchev–Trinajstić information content (AvgIpc) is 2.88. The summed E-state index contributed by atoms with van der Waals surface area (Å²) in [7, 11) is 0. The van der Waals surface area contributed by atoms with Crippen molar-refractivity contribution in [2.45, 2.75) is 6.67 Å². The predicted molar refractivity (Wildman–Crippen MR) is 80.3 cm³/mol. The highest BCUT2D eigenvalue weighted by atomic mass is 32.1. The third-order valence-corrected chi connectivity index (χ3v) is 3.13. The van der Waals surface area contributed by atoms with Crippen molar-refractivity contribution in [1.82, 2.24) is 14.8 Å². The van der Waals surface area contributed by atoms with Gasteiger partial charge in [0.1, 0.15) is 12.4 Å². The molecule has 0 bridgehead atoms. The van der Waals surface area contributed by atoms with Gasteiger partial charge in [0.2, 0.25) is 0 Å². The largest absolute Gasteiger partial charge is 0.507 e. The van der Waals surface area contributed by atoms with Crippen molar-refractivity contribution >= 4 is 17.9 Å². The SMILES string of the molecule is Oc1ccccc1-c1nn(CNc2cccnc2)c(=S)o1. The molecule has 0 aliphatic carbocycles. The van der Waals surface area contributed by atoms with Gasteiger partial charge in [-0.3, -0.25) is 4.98 Å². The minimum Gasteiger partial charge on any atom is -0.507 e. The molecule has 0 atom stereocenters. The number of hydrogen-bond acceptors (Lipinski definition) is 6. The molecule has 7 heteroatoms. The molecule has 2 aromatic heterocycles. The number of hydrogen-bond donors (Lipinski definition) is 2. The van der Waals surface area contributed by atoms with E-state index in [1.165, 1.54) is 4.68 Å². The Bertz CT molecular complexity index is 798. The summed E-state index contributed by atoms with van der Waals surface area (Å²) < 4.78 is 6.93. The minimum atomic E-state index is 0.0983. The summed E-state index contributed by atoms with van der Waals surface area (Å²) in [5.74, 6) is 0.382. The number of benzene rings is 1. The van der Waals surface area contributed by atoms with E-state index in [1.807, 2.05) is 12.1 Å². The molecule has 21 heavy (non-hydrogen) atoms. The minimum absolute atomic E-state index is 0.0983. The van der Waals surface area contributed by atoms with Gasteiger partial charge in [0.05, 0.1) is 11.3 Å². The first-order chi connectivity index (χ1) is 10.2. The summed E-state index contributed by atoms with van der Waals surface area (Å²) in [5, 5.41) is 17.2. The number of nitrogens with one attached hydrogen (secondary N) is 1. The molecule has 6 nitrogen and oxygen atoms in total. The zero-order valence-electron chi connectivity index (χ0n) is 10.9. The number of nitrogens with zero attached hydrogens (tertiary/aromatic N) is 3. The number of anilines is 1. The summed E-state index contributed by atoms with van der Waals surface area (Å²) in [6.07, 6.45) is 3.40. The Morgan fingerprint density at radius 3 is 2.86 bits per heavy atom. The van der Waals surface area contributed by atoms with E-state index in [-0.39, 0.29) is 16.5 Å². The third kappa shape index (κ3) is 2.92. The number of phenolic OH excluding ortho intramolecular Hbond substituents is 1. The predicted octanol–water partition coefficient (Wildman–Crippen LogP) is 3.04. The second-order valence-corrected chi connectivity index (χ2v) is 4.62. The zero-order chi connectivity index (χ0) is 14.7. The van der Waals surface area contributed by atoms with E-state index < -0.39 is 0 Å². The number of aromatic nitrogens is 3. The number of aromatic hydroxyl groups is 1. The molecule has 3 aromatic rings. The molecule has 0 amide bonds. The Morgan fingerprint density at radius 2 is 2.10 bits per heavy atom. The van der Waals surface area contributed by atoms with Gasteiger partial charge in [0.25, 0.3) is 10.7 Å². The van der Waals surface area contributed by atoms with Gasteiger partial charge >= 0.3 is 0 Å². The van der Waals surface area contributed by atoms with Crippen molar-refractivity contribution < 1.29 is 9.52 Å². The number of para-hydroxylation sites is 1. The van der Waals surface area contributed by atoms with Crippen LogP contribution in [0.25, 0.3) is 11.5 Å². The quantitative estimate of drug-likeness (QED) is 0.721. The van der Waals surface area contributed by atoms with Crippen LogP contribution in [0.15, 0.2) is 53.2 Å². The third-order valence-electron chi connectivity index (χ3n) is 2.84. The molecule has 0 spiro atoms. The first-order valence-corrected chi connectivity index (χ1v) is 6.65. The van der Waals surface area contributed by atoms with E-state index in [1.54, 1.807) is 36.7 Å². The Balaban J connectivity index is 1.82. The highest BCUT2D eigenvalue weighted by molar-refractivity contribution is 7.71. The van der Waals surface area contributed by atoms with E-state index >= 15 is 0 Å². The number of pyridine rings is 1. The van der Waals surface area contributed by atoms with Crippen LogP contribution >= 0.6 is 12.2 Å². The van der Waals surface area contributed by atoms with Crippen molar-refractivity contribution in [3.63, 3.8) is 0 Å². The van der Waals surface area contributed by atoms with Crippen LogP contribution in [0.2, 0.25) is 0 Å². The molecule has 0 unspecified atom stereocenters. The van der Waals surface area contributed by atoms with E-state index in [4.69, 9.17) is 16.6 Å². The molecular weight excluding hydrogens is 288 g/mol. The van der Waals surface area contributed by atoms with Crippen molar-refractivity contribution in [3.05, 3.63) is 53.6 Å². The van der Waals surface area contributed by atoms with Crippen LogP contribution in [0.3, 0.4) is 0 Å². The maximum absolute atomic E-state index is 9.80. The second-order valence-electron chi connectivity index (χ2n) is 4.27. The van der Waals surface area contributed by atoms with Gasteiger partial charge in [0.15, 0.2) is 0 Å². The average molecular weight is 300 g/mol. The maximum Gasteiger partial charge on any atom is 0.289 e. The lowest BCUT2D eigenvalue weighted by molar-refractivity contribution is 0.471. The van der Waals surface area contributed by atoms with E-state index in [9.17, 15) is 5.11 Å². The molecule has 0 saturated heterocycles. The summed E-state index contributed by atoms with van der Waals surface area (Å²) in [6, 6.07) is 10.5. The molecule has 1 aromatic carbocycles. The molecule has 0 aliphatic heterocycles. The summed E-state index contributed by atoms with van der Waals surface area (Å²) >= 11 is 5.13. The number of rotatable bonds is 4. The normalized spacial score (nSPS) is 10.5. The fraction of sp³-hybridized carbons (Fsp3) is 0.0714. The smallest absolute Gasteiger partial charge is 0.289 e. The lowest BCUT2D eigenvalue weighted by atomic mass is 10.2. The van der Waals surface area contributed by atoms with Gasteiger partial charge in [-0.1, -0.05) is 12.1 Å².